The van der Waals surface area contributed by atoms with Crippen LogP contribution in [0.3, 0.4) is 0 Å². The number of nitrogens with two attached hydrogens (primary N) is 1. The zero-order valence-electron chi connectivity index (χ0n) is 15.2. The molecular formula is C21H17N3O5. The van der Waals surface area contributed by atoms with Crippen LogP contribution in [0.4, 0.5) is 11.4 Å². The number of nitro benzene ring substituents is 2. The van der Waals surface area contributed by atoms with Gasteiger partial charge in [0.25, 0.3) is 11.4 Å². The average Bonchev–Trinajstić information content (AvgIpc) is 2.74. The fourth-order valence-electron chi connectivity index (χ4n) is 2.57. The Balaban J connectivity index is 0.000000537. The summed E-state index contributed by atoms with van der Waals surface area (Å²) < 4.78 is 0. The highest BCUT2D eigenvalue weighted by Gasteiger charge is 2.18. The molecule has 0 bridgehead atoms. The molecular weight excluding hydrogens is 374 g/mol. The summed E-state index contributed by atoms with van der Waals surface area (Å²) in [5.74, 6) is -0.481. The summed E-state index contributed by atoms with van der Waals surface area (Å²) in [7, 11) is 0. The van der Waals surface area contributed by atoms with Crippen molar-refractivity contribution in [3.63, 3.8) is 0 Å². The lowest BCUT2D eigenvalue weighted by molar-refractivity contribution is -0.394. The molecule has 0 saturated heterocycles. The van der Waals surface area contributed by atoms with Crippen LogP contribution in [0.25, 0.3) is 22.3 Å². The van der Waals surface area contributed by atoms with E-state index in [-0.39, 0.29) is 11.4 Å². The molecule has 0 radical (unpaired) electrons. The Bertz CT molecular complexity index is 1030. The van der Waals surface area contributed by atoms with E-state index in [2.05, 4.69) is 12.3 Å². The first kappa shape index (κ1) is 21.0. The van der Waals surface area contributed by atoms with Crippen LogP contribution in [-0.2, 0) is 4.79 Å². The summed E-state index contributed by atoms with van der Waals surface area (Å²) >= 11 is 0. The normalized spacial score (nSPS) is 9.66. The van der Waals surface area contributed by atoms with Crippen molar-refractivity contribution in [2.45, 2.75) is 0 Å². The van der Waals surface area contributed by atoms with Crippen molar-refractivity contribution >= 4 is 17.3 Å². The lowest BCUT2D eigenvalue weighted by Crippen LogP contribution is -2.04. The third kappa shape index (κ3) is 5.57. The average molecular weight is 391 g/mol. The Morgan fingerprint density at radius 3 is 1.62 bits per heavy atom. The van der Waals surface area contributed by atoms with Gasteiger partial charge < -0.3 is 5.73 Å². The number of carbonyl (C=O) groups is 1. The largest absolute Gasteiger partial charge is 0.366 e. The maximum Gasteiger partial charge on any atom is 0.276 e. The van der Waals surface area contributed by atoms with Gasteiger partial charge in [-0.2, -0.15) is 0 Å². The predicted octanol–water partition coefficient (Wildman–Crippen LogP) is 4.49. The molecule has 29 heavy (non-hydrogen) atoms. The van der Waals surface area contributed by atoms with Gasteiger partial charge in [0.2, 0.25) is 5.91 Å². The van der Waals surface area contributed by atoms with E-state index < -0.39 is 15.8 Å². The summed E-state index contributed by atoms with van der Waals surface area (Å²) in [5, 5.41) is 22.2. The predicted molar refractivity (Wildman–Crippen MR) is 110 cm³/mol. The standard InChI is InChI=1S/C18H12N2O4.C3H5NO/c21-19(22)15-10-14(11-16(12-15)20(23)24)18-9-5-4-8-17(18)13-6-2-1-3-7-13;1-2-3(4)5/h1-12H;2H,1H2,(H2,4,5). The van der Waals surface area contributed by atoms with E-state index in [4.69, 9.17) is 0 Å². The Morgan fingerprint density at radius 1 is 0.793 bits per heavy atom. The van der Waals surface area contributed by atoms with Gasteiger partial charge in [-0.15, -0.1) is 0 Å². The molecule has 2 N–H and O–H groups in total. The summed E-state index contributed by atoms with van der Waals surface area (Å²) in [4.78, 5) is 30.4. The second-order valence-electron chi connectivity index (χ2n) is 5.77. The molecule has 0 unspecified atom stereocenters. The maximum absolute atomic E-state index is 11.1. The van der Waals surface area contributed by atoms with E-state index in [1.54, 1.807) is 12.1 Å². The Kier molecular flexibility index (Phi) is 6.92. The van der Waals surface area contributed by atoms with E-state index in [1.807, 2.05) is 42.5 Å². The molecule has 0 spiro atoms. The van der Waals surface area contributed by atoms with Gasteiger partial charge in [0.15, 0.2) is 0 Å². The number of benzene rings is 3. The molecule has 3 aromatic rings. The first-order valence-electron chi connectivity index (χ1n) is 8.34. The van der Waals surface area contributed by atoms with Gasteiger partial charge in [-0.25, -0.2) is 0 Å². The summed E-state index contributed by atoms with van der Waals surface area (Å²) in [6.07, 6.45) is 1.06. The zero-order valence-corrected chi connectivity index (χ0v) is 15.2. The van der Waals surface area contributed by atoms with Gasteiger partial charge in [-0.05, 0) is 28.3 Å². The van der Waals surface area contributed by atoms with Gasteiger partial charge in [0, 0.05) is 12.1 Å². The minimum atomic E-state index is -0.623. The third-order valence-corrected chi connectivity index (χ3v) is 3.85. The summed E-state index contributed by atoms with van der Waals surface area (Å²) in [5.41, 5.74) is 6.86. The number of nitrogens with zero attached hydrogens (tertiary/aromatic N) is 2. The number of carbonyl (C=O) groups excluding carboxylic acids is 1. The number of nitro groups is 2. The van der Waals surface area contributed by atoms with Crippen molar-refractivity contribution in [2.75, 3.05) is 0 Å². The van der Waals surface area contributed by atoms with Crippen molar-refractivity contribution in [1.82, 2.24) is 0 Å². The van der Waals surface area contributed by atoms with E-state index in [9.17, 15) is 25.0 Å². The Morgan fingerprint density at radius 2 is 1.21 bits per heavy atom. The molecule has 0 aliphatic carbocycles. The smallest absolute Gasteiger partial charge is 0.276 e. The second kappa shape index (κ2) is 9.56. The van der Waals surface area contributed by atoms with Crippen molar-refractivity contribution in [1.29, 1.82) is 0 Å². The molecule has 1 amide bonds. The monoisotopic (exact) mass is 391 g/mol. The summed E-state index contributed by atoms with van der Waals surface area (Å²) in [6.45, 7) is 3.09. The van der Waals surface area contributed by atoms with Crippen LogP contribution in [0.1, 0.15) is 0 Å². The highest BCUT2D eigenvalue weighted by atomic mass is 16.6. The molecule has 0 heterocycles. The number of hydrogen-bond donors (Lipinski definition) is 1. The second-order valence-corrected chi connectivity index (χ2v) is 5.77. The number of primary amides is 1. The number of hydrogen-bond acceptors (Lipinski definition) is 5. The molecule has 146 valence electrons. The van der Waals surface area contributed by atoms with Crippen LogP contribution in [0, 0.1) is 20.2 Å². The van der Waals surface area contributed by atoms with E-state index in [0.717, 1.165) is 23.3 Å². The quantitative estimate of drug-likeness (QED) is 0.389. The van der Waals surface area contributed by atoms with Crippen LogP contribution in [0.5, 0.6) is 0 Å². The zero-order chi connectivity index (χ0) is 21.4. The Labute approximate surface area is 166 Å². The van der Waals surface area contributed by atoms with Crippen LogP contribution in [0.2, 0.25) is 0 Å². The van der Waals surface area contributed by atoms with Crippen molar-refractivity contribution in [3.8, 4) is 22.3 Å². The third-order valence-electron chi connectivity index (χ3n) is 3.85. The van der Waals surface area contributed by atoms with Crippen molar-refractivity contribution in [3.05, 3.63) is 106 Å². The SMILES string of the molecule is C=CC(N)=O.O=[N+]([O-])c1cc(-c2ccccc2-c2ccccc2)cc([N+](=O)[O-])c1. The highest BCUT2D eigenvalue weighted by Crippen LogP contribution is 2.35. The van der Waals surface area contributed by atoms with E-state index >= 15 is 0 Å². The van der Waals surface area contributed by atoms with Crippen LogP contribution in [0.15, 0.2) is 85.5 Å². The maximum atomic E-state index is 11.1. The first-order valence-corrected chi connectivity index (χ1v) is 8.34. The fourth-order valence-corrected chi connectivity index (χ4v) is 2.57. The van der Waals surface area contributed by atoms with Gasteiger partial charge >= 0.3 is 0 Å². The topological polar surface area (TPSA) is 129 Å². The molecule has 0 aromatic heterocycles. The fraction of sp³-hybridized carbons (Fsp3) is 0. The number of rotatable bonds is 5. The summed E-state index contributed by atoms with van der Waals surface area (Å²) in [6, 6.07) is 20.5. The molecule has 8 nitrogen and oxygen atoms in total. The van der Waals surface area contributed by atoms with Gasteiger partial charge in [0.1, 0.15) is 0 Å². The molecule has 3 aromatic carbocycles. The van der Waals surface area contributed by atoms with Crippen LogP contribution in [-0.4, -0.2) is 15.8 Å². The lowest BCUT2D eigenvalue weighted by atomic mass is 9.94. The molecule has 0 saturated carbocycles. The molecule has 8 heteroatoms. The van der Waals surface area contributed by atoms with Gasteiger partial charge in [-0.1, -0.05) is 61.2 Å². The molecule has 0 fully saturated rings. The Hall–Kier alpha value is -4.33. The molecule has 0 aliphatic rings. The van der Waals surface area contributed by atoms with Gasteiger partial charge in [0.05, 0.1) is 15.9 Å². The number of amides is 1. The minimum Gasteiger partial charge on any atom is -0.366 e. The molecule has 3 rings (SSSR count). The van der Waals surface area contributed by atoms with Gasteiger partial charge in [-0.3, -0.25) is 25.0 Å². The minimum absolute atomic E-state index is 0.304. The van der Waals surface area contributed by atoms with E-state index in [0.29, 0.717) is 11.1 Å². The van der Waals surface area contributed by atoms with E-state index in [1.165, 1.54) is 12.1 Å². The van der Waals surface area contributed by atoms with Crippen molar-refractivity contribution < 1.29 is 14.6 Å². The van der Waals surface area contributed by atoms with Crippen LogP contribution >= 0.6 is 0 Å². The number of non-ortho nitro benzene ring substituents is 2. The first-order chi connectivity index (χ1) is 13.8. The highest BCUT2D eigenvalue weighted by molar-refractivity contribution is 5.85. The van der Waals surface area contributed by atoms with Crippen molar-refractivity contribution in [2.24, 2.45) is 5.73 Å². The molecule has 0 aliphatic heterocycles. The lowest BCUT2D eigenvalue weighted by Gasteiger charge is -2.10. The molecule has 0 atom stereocenters. The van der Waals surface area contributed by atoms with Crippen LogP contribution < -0.4 is 5.73 Å².